The zero-order valence-electron chi connectivity index (χ0n) is 14.0. The fraction of sp³-hybridized carbons (Fsp3) is 0.444. The molecule has 24 heavy (non-hydrogen) atoms. The Hall–Kier alpha value is -2.34. The lowest BCUT2D eigenvalue weighted by molar-refractivity contribution is 0.204. The van der Waals surface area contributed by atoms with Gasteiger partial charge in [0.1, 0.15) is 5.82 Å². The van der Waals surface area contributed by atoms with Crippen LogP contribution in [0, 0.1) is 0 Å². The van der Waals surface area contributed by atoms with Gasteiger partial charge in [-0.1, -0.05) is 12.1 Å². The van der Waals surface area contributed by atoms with Gasteiger partial charge in [-0.2, -0.15) is 0 Å². The van der Waals surface area contributed by atoms with E-state index in [0.29, 0.717) is 12.6 Å². The zero-order valence-corrected chi connectivity index (χ0v) is 14.0. The van der Waals surface area contributed by atoms with Gasteiger partial charge >= 0.3 is 6.03 Å². The molecule has 1 saturated carbocycles. The number of carbonyl (C=O) groups excluding carboxylic acids is 1. The first kappa shape index (κ1) is 16.5. The van der Waals surface area contributed by atoms with E-state index < -0.39 is 0 Å². The van der Waals surface area contributed by atoms with Gasteiger partial charge in [-0.05, 0) is 37.8 Å². The summed E-state index contributed by atoms with van der Waals surface area (Å²) in [5.74, 6) is 0.869. The van der Waals surface area contributed by atoms with E-state index in [9.17, 15) is 4.79 Å². The minimum absolute atomic E-state index is 0.0626. The number of aryl methyl sites for hydroxylation is 1. The maximum absolute atomic E-state index is 12.6. The predicted molar refractivity (Wildman–Crippen MR) is 93.7 cm³/mol. The van der Waals surface area contributed by atoms with Gasteiger partial charge in [-0.25, -0.2) is 9.78 Å². The Bertz CT molecular complexity index is 694. The van der Waals surface area contributed by atoms with Crippen LogP contribution in [0.2, 0.25) is 0 Å². The van der Waals surface area contributed by atoms with Gasteiger partial charge in [0.25, 0.3) is 0 Å². The number of benzene rings is 1. The first-order valence-corrected chi connectivity index (χ1v) is 8.45. The quantitative estimate of drug-likeness (QED) is 0.768. The van der Waals surface area contributed by atoms with E-state index in [1.165, 1.54) is 0 Å². The van der Waals surface area contributed by atoms with Crippen molar-refractivity contribution in [2.75, 3.05) is 18.5 Å². The molecule has 0 bridgehead atoms. The summed E-state index contributed by atoms with van der Waals surface area (Å²) in [6.45, 7) is 0.863. The van der Waals surface area contributed by atoms with Crippen LogP contribution in [0.25, 0.3) is 11.4 Å². The summed E-state index contributed by atoms with van der Waals surface area (Å²) >= 11 is 0. The number of nitrogens with zero attached hydrogens (tertiary/aromatic N) is 3. The molecule has 0 atom stereocenters. The average Bonchev–Trinajstić information content (AvgIpc) is 3.32. The third kappa shape index (κ3) is 3.94. The van der Waals surface area contributed by atoms with Gasteiger partial charge in [0, 0.05) is 49.9 Å². The lowest BCUT2D eigenvalue weighted by atomic mass is 10.2. The van der Waals surface area contributed by atoms with E-state index in [1.54, 1.807) is 6.20 Å². The van der Waals surface area contributed by atoms with Gasteiger partial charge in [-0.3, -0.25) is 0 Å². The highest BCUT2D eigenvalue weighted by atomic mass is 16.3. The van der Waals surface area contributed by atoms with Crippen molar-refractivity contribution < 1.29 is 9.90 Å². The van der Waals surface area contributed by atoms with Crippen LogP contribution < -0.4 is 5.32 Å². The van der Waals surface area contributed by atoms with Crippen LogP contribution >= 0.6 is 0 Å². The minimum Gasteiger partial charge on any atom is -0.396 e. The standard InChI is InChI=1S/C18H24N4O2/c1-21-11-9-19-17(21)14-5-4-6-15(13-14)20-18(24)22(16-7-8-16)10-2-3-12-23/h4-6,9,11,13,16,23H,2-3,7-8,10,12H2,1H3,(H,20,24). The largest absolute Gasteiger partial charge is 0.396 e. The number of nitrogens with one attached hydrogen (secondary N) is 1. The average molecular weight is 328 g/mol. The molecule has 0 radical (unpaired) electrons. The van der Waals surface area contributed by atoms with E-state index in [4.69, 9.17) is 5.11 Å². The number of amides is 2. The maximum atomic E-state index is 12.6. The number of rotatable bonds is 7. The van der Waals surface area contributed by atoms with Crippen molar-refractivity contribution >= 4 is 11.7 Å². The fourth-order valence-corrected chi connectivity index (χ4v) is 2.81. The Kier molecular flexibility index (Phi) is 5.15. The molecular weight excluding hydrogens is 304 g/mol. The summed E-state index contributed by atoms with van der Waals surface area (Å²) in [5.41, 5.74) is 1.74. The Labute approximate surface area is 142 Å². The van der Waals surface area contributed by atoms with Crippen LogP contribution in [0.1, 0.15) is 25.7 Å². The second-order valence-electron chi connectivity index (χ2n) is 6.23. The van der Waals surface area contributed by atoms with Crippen molar-refractivity contribution in [1.29, 1.82) is 0 Å². The highest BCUT2D eigenvalue weighted by Crippen LogP contribution is 2.28. The van der Waals surface area contributed by atoms with Crippen LogP contribution in [0.5, 0.6) is 0 Å². The smallest absolute Gasteiger partial charge is 0.322 e. The molecule has 1 aromatic heterocycles. The molecule has 128 valence electrons. The summed E-state index contributed by atoms with van der Waals surface area (Å²) in [6.07, 6.45) is 7.35. The van der Waals surface area contributed by atoms with Crippen molar-refractivity contribution in [1.82, 2.24) is 14.5 Å². The molecule has 6 heteroatoms. The third-order valence-corrected chi connectivity index (χ3v) is 4.25. The lowest BCUT2D eigenvalue weighted by Gasteiger charge is -2.23. The Morgan fingerprint density at radius 1 is 1.42 bits per heavy atom. The van der Waals surface area contributed by atoms with E-state index in [2.05, 4.69) is 10.3 Å². The van der Waals surface area contributed by atoms with Gasteiger partial charge in [0.2, 0.25) is 0 Å². The van der Waals surface area contributed by atoms with Crippen LogP contribution in [0.3, 0.4) is 0 Å². The number of aliphatic hydroxyl groups excluding tert-OH is 1. The molecule has 2 amide bonds. The van der Waals surface area contributed by atoms with Gasteiger partial charge < -0.3 is 19.9 Å². The molecule has 1 aromatic carbocycles. The molecule has 1 aliphatic rings. The molecule has 0 saturated heterocycles. The van der Waals surface area contributed by atoms with Crippen LogP contribution in [-0.2, 0) is 7.05 Å². The second-order valence-corrected chi connectivity index (χ2v) is 6.23. The number of aromatic nitrogens is 2. The highest BCUT2D eigenvalue weighted by Gasteiger charge is 2.32. The third-order valence-electron chi connectivity index (χ3n) is 4.25. The first-order valence-electron chi connectivity index (χ1n) is 8.45. The Morgan fingerprint density at radius 3 is 2.92 bits per heavy atom. The molecule has 2 aromatic rings. The molecule has 2 N–H and O–H groups in total. The second kappa shape index (κ2) is 7.49. The van der Waals surface area contributed by atoms with Crippen molar-refractivity contribution in [2.24, 2.45) is 7.05 Å². The summed E-state index contributed by atoms with van der Waals surface area (Å²) in [7, 11) is 1.95. The van der Waals surface area contributed by atoms with Crippen LogP contribution in [0.15, 0.2) is 36.7 Å². The van der Waals surface area contributed by atoms with Gasteiger partial charge in [-0.15, -0.1) is 0 Å². The molecule has 0 aliphatic heterocycles. The summed E-state index contributed by atoms with van der Waals surface area (Å²) < 4.78 is 1.95. The number of hydrogen-bond acceptors (Lipinski definition) is 3. The molecule has 0 spiro atoms. The topological polar surface area (TPSA) is 70.4 Å². The predicted octanol–water partition coefficient (Wildman–Crippen LogP) is 2.86. The summed E-state index contributed by atoms with van der Waals surface area (Å²) in [4.78, 5) is 18.8. The highest BCUT2D eigenvalue weighted by molar-refractivity contribution is 5.90. The maximum Gasteiger partial charge on any atom is 0.322 e. The number of anilines is 1. The zero-order chi connectivity index (χ0) is 16.9. The number of aliphatic hydroxyl groups is 1. The number of imidazole rings is 1. The van der Waals surface area contributed by atoms with Crippen molar-refractivity contribution in [3.05, 3.63) is 36.7 Å². The van der Waals surface area contributed by atoms with E-state index in [1.807, 2.05) is 47.0 Å². The number of hydrogen-bond donors (Lipinski definition) is 2. The monoisotopic (exact) mass is 328 g/mol. The SMILES string of the molecule is Cn1ccnc1-c1cccc(NC(=O)N(CCCCO)C2CC2)c1. The van der Waals surface area contributed by atoms with E-state index >= 15 is 0 Å². The molecule has 3 rings (SSSR count). The molecule has 1 fully saturated rings. The summed E-state index contributed by atoms with van der Waals surface area (Å²) in [5, 5.41) is 11.9. The van der Waals surface area contributed by atoms with E-state index in [0.717, 1.165) is 42.8 Å². The normalized spacial score (nSPS) is 13.8. The molecule has 6 nitrogen and oxygen atoms in total. The Balaban J connectivity index is 1.68. The molecule has 1 heterocycles. The molecular formula is C18H24N4O2. The lowest BCUT2D eigenvalue weighted by Crippen LogP contribution is -2.37. The van der Waals surface area contributed by atoms with Crippen molar-refractivity contribution in [3.63, 3.8) is 0 Å². The number of urea groups is 1. The van der Waals surface area contributed by atoms with Gasteiger partial charge in [0.05, 0.1) is 0 Å². The summed E-state index contributed by atoms with van der Waals surface area (Å²) in [6, 6.07) is 8.03. The molecule has 1 aliphatic carbocycles. The van der Waals surface area contributed by atoms with Crippen LogP contribution in [0.4, 0.5) is 10.5 Å². The van der Waals surface area contributed by atoms with Crippen LogP contribution in [-0.4, -0.2) is 44.8 Å². The number of carbonyl (C=O) groups is 1. The fourth-order valence-electron chi connectivity index (χ4n) is 2.81. The number of unbranched alkanes of at least 4 members (excludes halogenated alkanes) is 1. The van der Waals surface area contributed by atoms with Crippen molar-refractivity contribution in [2.45, 2.75) is 31.7 Å². The van der Waals surface area contributed by atoms with E-state index in [-0.39, 0.29) is 12.6 Å². The van der Waals surface area contributed by atoms with Crippen molar-refractivity contribution in [3.8, 4) is 11.4 Å². The Morgan fingerprint density at radius 2 is 2.25 bits per heavy atom. The molecule has 0 unspecified atom stereocenters. The van der Waals surface area contributed by atoms with Gasteiger partial charge in [0.15, 0.2) is 0 Å². The first-order chi connectivity index (χ1) is 11.7. The minimum atomic E-state index is -0.0626.